The number of rotatable bonds is 4. The summed E-state index contributed by atoms with van der Waals surface area (Å²) in [7, 11) is 0. The molecule has 2 aliphatic rings. The van der Waals surface area contributed by atoms with Crippen molar-refractivity contribution in [1.29, 1.82) is 5.26 Å². The minimum absolute atomic E-state index is 0.142. The number of carbonyl (C=O) groups excluding carboxylic acids is 2. The fraction of sp³-hybridized carbons (Fsp3) is 0.615. The van der Waals surface area contributed by atoms with E-state index in [9.17, 15) is 9.59 Å². The second kappa shape index (κ2) is 7.06. The third-order valence-corrected chi connectivity index (χ3v) is 3.44. The molecule has 0 bridgehead atoms. The van der Waals surface area contributed by atoms with Crippen LogP contribution in [-0.2, 0) is 9.53 Å². The van der Waals surface area contributed by atoms with E-state index >= 15 is 0 Å². The number of carbonyl (C=O) groups is 2. The lowest BCUT2D eigenvalue weighted by atomic mass is 10.1. The average molecular weight is 293 g/mol. The Balaban J connectivity index is 2.17. The van der Waals surface area contributed by atoms with Gasteiger partial charge in [0.2, 0.25) is 0 Å². The Hall–Kier alpha value is -2.11. The average Bonchev–Trinajstić information content (AvgIpc) is 2.48. The molecule has 0 saturated carbocycles. The number of piperazine rings is 1. The number of esters is 1. The fourth-order valence-corrected chi connectivity index (χ4v) is 2.35. The molecular weight excluding hydrogens is 274 g/mol. The normalized spacial score (nSPS) is 23.0. The van der Waals surface area contributed by atoms with E-state index in [-0.39, 0.29) is 25.2 Å². The van der Waals surface area contributed by atoms with Gasteiger partial charge in [0.05, 0.1) is 24.8 Å². The Morgan fingerprint density at radius 2 is 2.38 bits per heavy atom. The van der Waals surface area contributed by atoms with Gasteiger partial charge in [0.25, 0.3) is 0 Å². The van der Waals surface area contributed by atoms with E-state index in [2.05, 4.69) is 22.0 Å². The summed E-state index contributed by atoms with van der Waals surface area (Å²) in [6.07, 6.45) is 0. The lowest BCUT2D eigenvalue weighted by molar-refractivity contribution is -0.138. The number of nitrogens with zero attached hydrogens (tertiary/aromatic N) is 2. The molecule has 0 aromatic heterocycles. The van der Waals surface area contributed by atoms with Crippen molar-refractivity contribution in [3.63, 3.8) is 0 Å². The van der Waals surface area contributed by atoms with Gasteiger partial charge in [-0.25, -0.2) is 9.59 Å². The van der Waals surface area contributed by atoms with Crippen molar-refractivity contribution in [2.75, 3.05) is 39.3 Å². The van der Waals surface area contributed by atoms with Crippen LogP contribution in [0.2, 0.25) is 0 Å². The van der Waals surface area contributed by atoms with Gasteiger partial charge in [0.1, 0.15) is 6.04 Å². The number of ether oxygens (including phenoxy) is 1. The first-order chi connectivity index (χ1) is 10.2. The van der Waals surface area contributed by atoms with Crippen molar-refractivity contribution in [2.45, 2.75) is 13.0 Å². The molecule has 0 aliphatic carbocycles. The van der Waals surface area contributed by atoms with Crippen molar-refractivity contribution in [3.8, 4) is 6.07 Å². The van der Waals surface area contributed by atoms with Crippen LogP contribution < -0.4 is 16.0 Å². The van der Waals surface area contributed by atoms with Crippen molar-refractivity contribution < 1.29 is 14.3 Å². The monoisotopic (exact) mass is 293 g/mol. The van der Waals surface area contributed by atoms with Crippen molar-refractivity contribution >= 4 is 12.0 Å². The zero-order chi connectivity index (χ0) is 15.2. The van der Waals surface area contributed by atoms with Gasteiger partial charge in [0.15, 0.2) is 0 Å². The van der Waals surface area contributed by atoms with Crippen LogP contribution >= 0.6 is 0 Å². The molecule has 1 fully saturated rings. The Kier molecular flexibility index (Phi) is 5.14. The van der Waals surface area contributed by atoms with Crippen molar-refractivity contribution in [2.24, 2.45) is 0 Å². The van der Waals surface area contributed by atoms with Crippen LogP contribution in [0, 0.1) is 11.3 Å². The minimum Gasteiger partial charge on any atom is -0.463 e. The number of nitrogens with one attached hydrogen (secondary N) is 3. The molecule has 21 heavy (non-hydrogen) atoms. The smallest absolute Gasteiger partial charge is 0.337 e. The SMILES string of the molecule is CCOC(=O)C1=C(CN2CCNCC2C#N)NC(=O)NC1. The second-order valence-corrected chi connectivity index (χ2v) is 4.80. The van der Waals surface area contributed by atoms with E-state index in [1.165, 1.54) is 0 Å². The third-order valence-electron chi connectivity index (χ3n) is 3.44. The van der Waals surface area contributed by atoms with Gasteiger partial charge in [-0.2, -0.15) is 5.26 Å². The maximum atomic E-state index is 11.9. The van der Waals surface area contributed by atoms with E-state index in [0.29, 0.717) is 30.9 Å². The lowest BCUT2D eigenvalue weighted by Gasteiger charge is -2.33. The van der Waals surface area contributed by atoms with Crippen LogP contribution in [0.25, 0.3) is 0 Å². The molecule has 0 radical (unpaired) electrons. The highest BCUT2D eigenvalue weighted by molar-refractivity contribution is 5.93. The van der Waals surface area contributed by atoms with Crippen molar-refractivity contribution in [3.05, 3.63) is 11.3 Å². The number of hydrogen-bond acceptors (Lipinski definition) is 6. The molecule has 8 heteroatoms. The van der Waals surface area contributed by atoms with Gasteiger partial charge in [-0.3, -0.25) is 4.90 Å². The molecule has 0 spiro atoms. The minimum atomic E-state index is -0.441. The summed E-state index contributed by atoms with van der Waals surface area (Å²) in [5, 5.41) is 17.5. The van der Waals surface area contributed by atoms with Crippen LogP contribution in [0.15, 0.2) is 11.3 Å². The Bertz CT molecular complexity index is 497. The first kappa shape index (κ1) is 15.3. The molecule has 0 aromatic rings. The van der Waals surface area contributed by atoms with Crippen LogP contribution in [0.3, 0.4) is 0 Å². The largest absolute Gasteiger partial charge is 0.463 e. The molecule has 1 unspecified atom stereocenters. The molecule has 2 aliphatic heterocycles. The van der Waals surface area contributed by atoms with Crippen molar-refractivity contribution in [1.82, 2.24) is 20.9 Å². The maximum Gasteiger partial charge on any atom is 0.337 e. The summed E-state index contributed by atoms with van der Waals surface area (Å²) >= 11 is 0. The summed E-state index contributed by atoms with van der Waals surface area (Å²) in [6.45, 7) is 4.52. The Labute approximate surface area is 123 Å². The standard InChI is InChI=1S/C13H19N5O3/c1-2-21-12(19)10-7-16-13(20)17-11(10)8-18-4-3-15-6-9(18)5-14/h9,15H,2-4,6-8H2,1H3,(H2,16,17,20). The number of urea groups is 1. The zero-order valence-corrected chi connectivity index (χ0v) is 11.9. The second-order valence-electron chi connectivity index (χ2n) is 4.80. The van der Waals surface area contributed by atoms with E-state index in [1.807, 2.05) is 4.90 Å². The molecule has 1 atom stereocenters. The predicted octanol–water partition coefficient (Wildman–Crippen LogP) is -1.09. The molecule has 0 aromatic carbocycles. The molecule has 3 N–H and O–H groups in total. The molecular formula is C13H19N5O3. The predicted molar refractivity (Wildman–Crippen MR) is 74.0 cm³/mol. The fourth-order valence-electron chi connectivity index (χ4n) is 2.35. The van der Waals surface area contributed by atoms with Gasteiger partial charge in [-0.1, -0.05) is 0 Å². The summed E-state index contributed by atoms with van der Waals surface area (Å²) < 4.78 is 5.01. The highest BCUT2D eigenvalue weighted by Crippen LogP contribution is 2.12. The number of hydrogen-bond donors (Lipinski definition) is 3. The van der Waals surface area contributed by atoms with E-state index in [0.717, 1.165) is 6.54 Å². The first-order valence-corrected chi connectivity index (χ1v) is 6.94. The Morgan fingerprint density at radius 3 is 3.10 bits per heavy atom. The molecule has 8 nitrogen and oxygen atoms in total. The van der Waals surface area contributed by atoms with E-state index < -0.39 is 5.97 Å². The van der Waals surface area contributed by atoms with Crippen LogP contribution in [0.4, 0.5) is 4.79 Å². The summed E-state index contributed by atoms with van der Waals surface area (Å²) in [5.74, 6) is -0.441. The van der Waals surface area contributed by atoms with E-state index in [1.54, 1.807) is 6.92 Å². The summed E-state index contributed by atoms with van der Waals surface area (Å²) in [6, 6.07) is 1.60. The molecule has 1 saturated heterocycles. The molecule has 2 rings (SSSR count). The van der Waals surface area contributed by atoms with Gasteiger partial charge >= 0.3 is 12.0 Å². The maximum absolute atomic E-state index is 11.9. The van der Waals surface area contributed by atoms with Gasteiger partial charge in [-0.15, -0.1) is 0 Å². The van der Waals surface area contributed by atoms with Gasteiger partial charge in [0, 0.05) is 31.9 Å². The van der Waals surface area contributed by atoms with Gasteiger partial charge < -0.3 is 20.7 Å². The summed E-state index contributed by atoms with van der Waals surface area (Å²) in [5.41, 5.74) is 0.922. The highest BCUT2D eigenvalue weighted by Gasteiger charge is 2.28. The quantitative estimate of drug-likeness (QED) is 0.569. The molecule has 114 valence electrons. The van der Waals surface area contributed by atoms with E-state index in [4.69, 9.17) is 10.00 Å². The Morgan fingerprint density at radius 1 is 1.57 bits per heavy atom. The molecule has 2 heterocycles. The lowest BCUT2D eigenvalue weighted by Crippen LogP contribution is -2.54. The van der Waals surface area contributed by atoms with Crippen LogP contribution in [0.1, 0.15) is 6.92 Å². The summed E-state index contributed by atoms with van der Waals surface area (Å²) in [4.78, 5) is 25.4. The van der Waals surface area contributed by atoms with Crippen LogP contribution in [0.5, 0.6) is 0 Å². The highest BCUT2D eigenvalue weighted by atomic mass is 16.5. The number of amides is 2. The third kappa shape index (κ3) is 3.71. The topological polar surface area (TPSA) is 106 Å². The number of nitriles is 1. The van der Waals surface area contributed by atoms with Crippen LogP contribution in [-0.4, -0.2) is 62.3 Å². The molecule has 2 amide bonds. The van der Waals surface area contributed by atoms with Gasteiger partial charge in [-0.05, 0) is 6.92 Å². The zero-order valence-electron chi connectivity index (χ0n) is 11.9. The first-order valence-electron chi connectivity index (χ1n) is 6.94.